The summed E-state index contributed by atoms with van der Waals surface area (Å²) in [5.74, 6) is 1.16. The number of anilines is 1. The Morgan fingerprint density at radius 3 is 2.66 bits per heavy atom. The van der Waals surface area contributed by atoms with Crippen molar-refractivity contribution in [1.29, 1.82) is 0 Å². The molecule has 0 saturated heterocycles. The Hall–Kier alpha value is -3.10. The van der Waals surface area contributed by atoms with E-state index in [0.717, 1.165) is 34.5 Å². The molecule has 0 N–H and O–H groups in total. The maximum atomic E-state index is 13.2. The van der Waals surface area contributed by atoms with Gasteiger partial charge in [-0.2, -0.15) is 0 Å². The lowest BCUT2D eigenvalue weighted by Gasteiger charge is -2.20. The highest BCUT2D eigenvalue weighted by molar-refractivity contribution is 7.23. The van der Waals surface area contributed by atoms with E-state index in [1.54, 1.807) is 48.8 Å². The summed E-state index contributed by atoms with van der Waals surface area (Å²) in [5.41, 5.74) is 1.84. The molecule has 4 aromatic rings. The number of carbonyl (C=O) groups is 1. The molecule has 0 aliphatic rings. The zero-order valence-corrected chi connectivity index (χ0v) is 19.4. The van der Waals surface area contributed by atoms with Crippen LogP contribution in [0.15, 0.2) is 55.1 Å². The van der Waals surface area contributed by atoms with E-state index in [-0.39, 0.29) is 12.5 Å². The van der Waals surface area contributed by atoms with E-state index < -0.39 is 0 Å². The number of halogens is 1. The molecule has 0 aliphatic carbocycles. The van der Waals surface area contributed by atoms with E-state index in [0.29, 0.717) is 22.4 Å². The van der Waals surface area contributed by atoms with Crippen molar-refractivity contribution >= 4 is 44.2 Å². The number of nitrogens with zero attached hydrogens (tertiary/aromatic N) is 4. The number of methoxy groups -OCH3 is 1. The van der Waals surface area contributed by atoms with Crippen LogP contribution >= 0.6 is 22.9 Å². The first-order valence-electron chi connectivity index (χ1n) is 10.1. The van der Waals surface area contributed by atoms with Crippen LogP contribution < -0.4 is 14.4 Å². The summed E-state index contributed by atoms with van der Waals surface area (Å²) in [6.45, 7) is 3.13. The average Bonchev–Trinajstić information content (AvgIpc) is 3.49. The van der Waals surface area contributed by atoms with Gasteiger partial charge in [0.25, 0.3) is 5.91 Å². The van der Waals surface area contributed by atoms with E-state index in [1.165, 1.54) is 11.3 Å². The number of imidazole rings is 1. The Morgan fingerprint density at radius 2 is 1.97 bits per heavy atom. The lowest BCUT2D eigenvalue weighted by atomic mass is 10.2. The topological polar surface area (TPSA) is 69.5 Å². The van der Waals surface area contributed by atoms with Crippen molar-refractivity contribution in [1.82, 2.24) is 14.5 Å². The van der Waals surface area contributed by atoms with Crippen LogP contribution in [0.1, 0.15) is 12.0 Å². The van der Waals surface area contributed by atoms with Crippen LogP contribution in [-0.2, 0) is 11.3 Å². The first kappa shape index (κ1) is 22.1. The number of aromatic nitrogens is 3. The number of hydrogen-bond acceptors (Lipinski definition) is 6. The second-order valence-electron chi connectivity index (χ2n) is 7.20. The molecule has 0 saturated carbocycles. The number of benzene rings is 2. The van der Waals surface area contributed by atoms with Crippen molar-refractivity contribution in [2.45, 2.75) is 19.9 Å². The number of carbonyl (C=O) groups excluding carboxylic acids is 1. The number of amides is 1. The van der Waals surface area contributed by atoms with Gasteiger partial charge >= 0.3 is 0 Å². The molecule has 4 rings (SSSR count). The third-order valence-electron chi connectivity index (χ3n) is 5.00. The van der Waals surface area contributed by atoms with Gasteiger partial charge in [0.05, 0.1) is 28.7 Å². The first-order chi connectivity index (χ1) is 15.5. The highest BCUT2D eigenvalue weighted by atomic mass is 35.5. The van der Waals surface area contributed by atoms with Gasteiger partial charge in [0, 0.05) is 25.5 Å². The summed E-state index contributed by atoms with van der Waals surface area (Å²) in [7, 11) is 1.60. The quantitative estimate of drug-likeness (QED) is 0.345. The molecule has 32 heavy (non-hydrogen) atoms. The van der Waals surface area contributed by atoms with Crippen molar-refractivity contribution in [2.24, 2.45) is 0 Å². The zero-order chi connectivity index (χ0) is 22.5. The molecule has 2 aromatic carbocycles. The fourth-order valence-electron chi connectivity index (χ4n) is 3.26. The van der Waals surface area contributed by atoms with Crippen LogP contribution in [0.25, 0.3) is 10.2 Å². The van der Waals surface area contributed by atoms with Crippen LogP contribution in [0.2, 0.25) is 5.02 Å². The van der Waals surface area contributed by atoms with Gasteiger partial charge in [-0.25, -0.2) is 9.97 Å². The van der Waals surface area contributed by atoms with Gasteiger partial charge in [-0.3, -0.25) is 9.69 Å². The molecule has 0 unspecified atom stereocenters. The van der Waals surface area contributed by atoms with Gasteiger partial charge in [0.2, 0.25) is 0 Å². The molecule has 0 fully saturated rings. The van der Waals surface area contributed by atoms with E-state index in [4.69, 9.17) is 26.1 Å². The molecule has 0 radical (unpaired) electrons. The average molecular weight is 471 g/mol. The van der Waals surface area contributed by atoms with E-state index in [9.17, 15) is 4.79 Å². The Bertz CT molecular complexity index is 1150. The summed E-state index contributed by atoms with van der Waals surface area (Å²) in [4.78, 5) is 23.7. The lowest BCUT2D eigenvalue weighted by molar-refractivity contribution is -0.120. The van der Waals surface area contributed by atoms with Gasteiger partial charge in [-0.15, -0.1) is 0 Å². The maximum absolute atomic E-state index is 13.2. The fraction of sp³-hybridized carbons (Fsp3) is 0.261. The zero-order valence-electron chi connectivity index (χ0n) is 17.8. The third kappa shape index (κ3) is 5.03. The molecule has 1 amide bonds. The minimum Gasteiger partial charge on any atom is -0.497 e. The Labute approximate surface area is 195 Å². The SMILES string of the molecule is COc1ccc(OCC(=O)N(CCCn2ccnc2)c2nc3c(C)ccc(Cl)c3s2)cc1. The fourth-order valence-corrected chi connectivity index (χ4v) is 4.62. The van der Waals surface area contributed by atoms with Crippen molar-refractivity contribution in [3.8, 4) is 11.5 Å². The van der Waals surface area contributed by atoms with Crippen molar-refractivity contribution < 1.29 is 14.3 Å². The van der Waals surface area contributed by atoms with E-state index >= 15 is 0 Å². The van der Waals surface area contributed by atoms with Crippen molar-refractivity contribution in [3.63, 3.8) is 0 Å². The molecule has 7 nitrogen and oxygen atoms in total. The Kier molecular flexibility index (Phi) is 6.92. The first-order valence-corrected chi connectivity index (χ1v) is 11.3. The van der Waals surface area contributed by atoms with Gasteiger partial charge in [0.15, 0.2) is 11.7 Å². The standard InChI is InChI=1S/C23H23ClN4O3S/c1-16-4-9-19(24)22-21(16)26-23(32-22)28(12-3-11-27-13-10-25-15-27)20(29)14-31-18-7-5-17(30-2)6-8-18/h4-10,13,15H,3,11-12,14H2,1-2H3. The number of thiazole rings is 1. The molecule has 0 atom stereocenters. The van der Waals surface area contributed by atoms with Gasteiger partial charge in [-0.1, -0.05) is 29.0 Å². The van der Waals surface area contributed by atoms with Crippen LogP contribution in [0.3, 0.4) is 0 Å². The smallest absolute Gasteiger partial charge is 0.266 e. The highest BCUT2D eigenvalue weighted by Gasteiger charge is 2.21. The van der Waals surface area contributed by atoms with Crippen molar-refractivity contribution in [3.05, 3.63) is 65.7 Å². The number of rotatable bonds is 9. The number of aryl methyl sites for hydroxylation is 2. The highest BCUT2D eigenvalue weighted by Crippen LogP contribution is 2.35. The van der Waals surface area contributed by atoms with Gasteiger partial charge in [-0.05, 0) is 49.2 Å². The summed E-state index contributed by atoms with van der Waals surface area (Å²) >= 11 is 7.81. The monoisotopic (exact) mass is 470 g/mol. The summed E-state index contributed by atoms with van der Waals surface area (Å²) < 4.78 is 13.8. The summed E-state index contributed by atoms with van der Waals surface area (Å²) in [6.07, 6.45) is 6.15. The van der Waals surface area contributed by atoms with Crippen LogP contribution in [0, 0.1) is 6.92 Å². The van der Waals surface area contributed by atoms with E-state index in [2.05, 4.69) is 4.98 Å². The summed E-state index contributed by atoms with van der Waals surface area (Å²) in [6, 6.07) is 10.9. The number of fused-ring (bicyclic) bond motifs is 1. The molecule has 2 aromatic heterocycles. The maximum Gasteiger partial charge on any atom is 0.266 e. The van der Waals surface area contributed by atoms with Gasteiger partial charge < -0.3 is 14.0 Å². The second-order valence-corrected chi connectivity index (χ2v) is 8.59. The Balaban J connectivity index is 1.52. The molecule has 2 heterocycles. The number of ether oxygens (including phenoxy) is 2. The molecule has 9 heteroatoms. The van der Waals surface area contributed by atoms with Crippen molar-refractivity contribution in [2.75, 3.05) is 25.2 Å². The second kappa shape index (κ2) is 10.0. The predicted molar refractivity (Wildman–Crippen MR) is 127 cm³/mol. The minimum absolute atomic E-state index is 0.0972. The molecule has 0 spiro atoms. The van der Waals surface area contributed by atoms with Crippen LogP contribution in [0.5, 0.6) is 11.5 Å². The number of hydrogen-bond donors (Lipinski definition) is 0. The summed E-state index contributed by atoms with van der Waals surface area (Å²) in [5, 5.41) is 1.25. The largest absolute Gasteiger partial charge is 0.497 e. The van der Waals surface area contributed by atoms with Gasteiger partial charge in [0.1, 0.15) is 11.5 Å². The van der Waals surface area contributed by atoms with Crippen LogP contribution in [-0.4, -0.2) is 40.7 Å². The molecule has 0 aliphatic heterocycles. The molecule has 166 valence electrons. The van der Waals surface area contributed by atoms with Crippen LogP contribution in [0.4, 0.5) is 5.13 Å². The minimum atomic E-state index is -0.167. The predicted octanol–water partition coefficient (Wildman–Crippen LogP) is 4.97. The normalized spacial score (nSPS) is 11.0. The molecular weight excluding hydrogens is 448 g/mol. The van der Waals surface area contributed by atoms with E-state index in [1.807, 2.05) is 29.8 Å². The third-order valence-corrected chi connectivity index (χ3v) is 6.54. The lowest BCUT2D eigenvalue weighted by Crippen LogP contribution is -2.36. The molecular formula is C23H23ClN4O3S. The molecule has 0 bridgehead atoms. The Morgan fingerprint density at radius 1 is 1.19 bits per heavy atom.